The van der Waals surface area contributed by atoms with Crippen molar-refractivity contribution in [2.45, 2.75) is 38.6 Å². The summed E-state index contributed by atoms with van der Waals surface area (Å²) in [5, 5.41) is 9.64. The first kappa shape index (κ1) is 23.6. The number of anilines is 1. The third-order valence-corrected chi connectivity index (χ3v) is 5.96. The molecule has 1 aliphatic rings. The van der Waals surface area contributed by atoms with E-state index < -0.39 is 34.4 Å². The lowest BCUT2D eigenvalue weighted by Crippen LogP contribution is -2.33. The number of hydrogen-bond donors (Lipinski definition) is 1. The zero-order chi connectivity index (χ0) is 23.6. The maximum atomic E-state index is 13.5. The number of carbonyl (C=O) groups excluding carboxylic acids is 1. The highest BCUT2D eigenvalue weighted by Crippen LogP contribution is 2.32. The fraction of sp³-hybridized carbons (Fsp3) is 0.381. The summed E-state index contributed by atoms with van der Waals surface area (Å²) in [6, 6.07) is 5.61. The van der Waals surface area contributed by atoms with E-state index in [0.29, 0.717) is 22.5 Å². The van der Waals surface area contributed by atoms with E-state index >= 15 is 0 Å². The molecule has 2 aromatic rings. The van der Waals surface area contributed by atoms with Crippen LogP contribution in [0.2, 0.25) is 0 Å². The Hall–Kier alpha value is -3.05. The Morgan fingerprint density at radius 3 is 2.44 bits per heavy atom. The molecule has 0 saturated carbocycles. The Labute approximate surface area is 185 Å². The lowest BCUT2D eigenvalue weighted by Gasteiger charge is -2.24. The molecule has 0 aliphatic carbocycles. The highest BCUT2D eigenvalue weighted by molar-refractivity contribution is 7.92. The number of sulfonamides is 1. The van der Waals surface area contributed by atoms with E-state index in [0.717, 1.165) is 10.6 Å². The van der Waals surface area contributed by atoms with Gasteiger partial charge in [-0.1, -0.05) is 19.9 Å². The van der Waals surface area contributed by atoms with Gasteiger partial charge in [0.2, 0.25) is 22.3 Å². The first-order chi connectivity index (χ1) is 15.0. The predicted molar refractivity (Wildman–Crippen MR) is 116 cm³/mol. The van der Waals surface area contributed by atoms with Crippen LogP contribution in [0, 0.1) is 5.82 Å². The molecule has 0 bridgehead atoms. The third-order valence-electron chi connectivity index (χ3n) is 4.80. The number of halogens is 1. The number of hydrogen-bond acceptors (Lipinski definition) is 8. The highest BCUT2D eigenvalue weighted by atomic mass is 32.2. The molecule has 0 radical (unpaired) electrons. The van der Waals surface area contributed by atoms with E-state index in [1.807, 2.05) is 13.8 Å². The number of benzene rings is 1. The standard InChI is InChI=1S/C21H24FN3O6S/c1-12(2)18-16(10-9-15-11-17(26)31-21(27)30-15)19(13-5-7-14(22)8-6-13)24-20(23-18)25(3)32(4,28)29/h5-10,12,15,17,26H,11H2,1-4H3/b10-9+/t15-,17+/m1/s1. The van der Waals surface area contributed by atoms with Gasteiger partial charge in [-0.25, -0.2) is 31.9 Å². The maximum absolute atomic E-state index is 13.5. The molecular weight excluding hydrogens is 441 g/mol. The van der Waals surface area contributed by atoms with Gasteiger partial charge < -0.3 is 14.6 Å². The van der Waals surface area contributed by atoms with Crippen LogP contribution in [0.15, 0.2) is 30.3 Å². The SMILES string of the molecule is CC(C)c1nc(N(C)S(C)(=O)=O)nc(-c2ccc(F)cc2)c1/C=C/[C@@H]1C[C@@H](O)OC(=O)O1. The number of nitrogens with zero attached hydrogens (tertiary/aromatic N) is 3. The Morgan fingerprint density at radius 2 is 1.88 bits per heavy atom. The largest absolute Gasteiger partial charge is 0.511 e. The normalized spacial score (nSPS) is 19.2. The van der Waals surface area contributed by atoms with Crippen molar-refractivity contribution in [3.05, 3.63) is 47.4 Å². The first-order valence-corrected chi connectivity index (χ1v) is 11.7. The summed E-state index contributed by atoms with van der Waals surface area (Å²) in [7, 11) is -2.28. The number of carbonyl (C=O) groups is 1. The van der Waals surface area contributed by atoms with Gasteiger partial charge in [0.1, 0.15) is 11.9 Å². The van der Waals surface area contributed by atoms with Crippen LogP contribution < -0.4 is 4.31 Å². The van der Waals surface area contributed by atoms with Crippen LogP contribution in [0.4, 0.5) is 15.1 Å². The first-order valence-electron chi connectivity index (χ1n) is 9.81. The summed E-state index contributed by atoms with van der Waals surface area (Å²) in [6.07, 6.45) is 1.29. The average Bonchev–Trinajstić information content (AvgIpc) is 2.70. The van der Waals surface area contributed by atoms with Crippen LogP contribution in [-0.2, 0) is 19.5 Å². The minimum Gasteiger partial charge on any atom is -0.426 e. The average molecular weight is 466 g/mol. The zero-order valence-corrected chi connectivity index (χ0v) is 18.8. The number of aromatic nitrogens is 2. The Balaban J connectivity index is 2.17. The maximum Gasteiger partial charge on any atom is 0.511 e. The van der Waals surface area contributed by atoms with Crippen molar-refractivity contribution in [1.29, 1.82) is 0 Å². The van der Waals surface area contributed by atoms with Crippen LogP contribution in [0.3, 0.4) is 0 Å². The van der Waals surface area contributed by atoms with Crippen LogP contribution in [0.5, 0.6) is 0 Å². The van der Waals surface area contributed by atoms with Crippen molar-refractivity contribution in [2.75, 3.05) is 17.6 Å². The predicted octanol–water partition coefficient (Wildman–Crippen LogP) is 3.06. The molecule has 1 aliphatic heterocycles. The van der Waals surface area contributed by atoms with Gasteiger partial charge in [0, 0.05) is 18.2 Å². The number of cyclic esters (lactones) is 2. The molecular formula is C21H24FN3O6S. The van der Waals surface area contributed by atoms with Gasteiger partial charge in [-0.3, -0.25) is 0 Å². The van der Waals surface area contributed by atoms with Crippen LogP contribution >= 0.6 is 0 Å². The summed E-state index contributed by atoms with van der Waals surface area (Å²) in [4.78, 5) is 20.4. The van der Waals surface area contributed by atoms with E-state index in [-0.39, 0.29) is 18.3 Å². The number of aliphatic hydroxyl groups excluding tert-OH is 1. The van der Waals surface area contributed by atoms with Gasteiger partial charge in [0.15, 0.2) is 0 Å². The molecule has 9 nitrogen and oxygen atoms in total. The van der Waals surface area contributed by atoms with Crippen LogP contribution in [0.25, 0.3) is 17.3 Å². The quantitative estimate of drug-likeness (QED) is 0.647. The number of ether oxygens (including phenoxy) is 2. The van der Waals surface area contributed by atoms with Crippen molar-refractivity contribution in [3.63, 3.8) is 0 Å². The monoisotopic (exact) mass is 465 g/mol. The molecule has 0 spiro atoms. The minimum atomic E-state index is -3.63. The van der Waals surface area contributed by atoms with E-state index in [1.54, 1.807) is 12.2 Å². The number of aliphatic hydroxyl groups is 1. The highest BCUT2D eigenvalue weighted by Gasteiger charge is 2.27. The molecule has 11 heteroatoms. The lowest BCUT2D eigenvalue weighted by atomic mass is 9.97. The van der Waals surface area contributed by atoms with Crippen molar-refractivity contribution in [1.82, 2.24) is 9.97 Å². The smallest absolute Gasteiger partial charge is 0.426 e. The van der Waals surface area contributed by atoms with E-state index in [2.05, 4.69) is 14.7 Å². The molecule has 1 aromatic heterocycles. The fourth-order valence-corrected chi connectivity index (χ4v) is 3.45. The molecule has 1 N–H and O–H groups in total. The molecule has 2 atom stereocenters. The lowest BCUT2D eigenvalue weighted by molar-refractivity contribution is -0.135. The summed E-state index contributed by atoms with van der Waals surface area (Å²) in [6.45, 7) is 3.77. The topological polar surface area (TPSA) is 119 Å². The molecule has 1 aromatic carbocycles. The van der Waals surface area contributed by atoms with Gasteiger partial charge in [-0.2, -0.15) is 0 Å². The second-order valence-corrected chi connectivity index (χ2v) is 9.65. The molecule has 0 amide bonds. The second-order valence-electron chi connectivity index (χ2n) is 7.64. The van der Waals surface area contributed by atoms with Crippen LogP contribution in [-0.4, -0.2) is 55.3 Å². The molecule has 1 fully saturated rings. The molecule has 0 unspecified atom stereocenters. The summed E-state index contributed by atoms with van der Waals surface area (Å²) in [5.41, 5.74) is 2.01. The summed E-state index contributed by atoms with van der Waals surface area (Å²) >= 11 is 0. The van der Waals surface area contributed by atoms with Crippen molar-refractivity contribution in [2.24, 2.45) is 0 Å². The molecule has 2 heterocycles. The fourth-order valence-electron chi connectivity index (χ4n) is 3.07. The Morgan fingerprint density at radius 1 is 1.22 bits per heavy atom. The summed E-state index contributed by atoms with van der Waals surface area (Å²) in [5.74, 6) is -0.590. The van der Waals surface area contributed by atoms with Gasteiger partial charge in [-0.05, 0) is 36.3 Å². The Bertz CT molecular complexity index is 1130. The van der Waals surface area contributed by atoms with Gasteiger partial charge in [0.25, 0.3) is 0 Å². The molecule has 172 valence electrons. The third kappa shape index (κ3) is 5.40. The van der Waals surface area contributed by atoms with Crippen molar-refractivity contribution < 1.29 is 32.2 Å². The van der Waals surface area contributed by atoms with Crippen LogP contribution in [0.1, 0.15) is 37.4 Å². The molecule has 3 rings (SSSR count). The van der Waals surface area contributed by atoms with Gasteiger partial charge in [-0.15, -0.1) is 0 Å². The Kier molecular flexibility index (Phi) is 6.79. The van der Waals surface area contributed by atoms with Crippen molar-refractivity contribution >= 4 is 28.2 Å². The molecule has 1 saturated heterocycles. The van der Waals surface area contributed by atoms with Gasteiger partial charge in [0.05, 0.1) is 24.1 Å². The number of rotatable bonds is 6. The zero-order valence-electron chi connectivity index (χ0n) is 18.0. The van der Waals surface area contributed by atoms with E-state index in [9.17, 15) is 22.7 Å². The summed E-state index contributed by atoms with van der Waals surface area (Å²) < 4.78 is 48.3. The van der Waals surface area contributed by atoms with E-state index in [4.69, 9.17) is 4.74 Å². The van der Waals surface area contributed by atoms with Crippen molar-refractivity contribution in [3.8, 4) is 11.3 Å². The van der Waals surface area contributed by atoms with E-state index in [1.165, 1.54) is 31.3 Å². The second kappa shape index (κ2) is 9.21. The van der Waals surface area contributed by atoms with Gasteiger partial charge >= 0.3 is 6.16 Å². The minimum absolute atomic E-state index is 0.0272. The molecule has 32 heavy (non-hydrogen) atoms.